The molecule has 0 aliphatic carbocycles. The summed E-state index contributed by atoms with van der Waals surface area (Å²) in [7, 11) is 1.97. The standard InChI is InChI=1S/C12H15BrN4/c1-17-8-15-7-12(17)11(6-14)16-10-4-2-3-9(13)5-10/h2-5,7-8,11,16H,6,14H2,1H3. The maximum atomic E-state index is 5.80. The van der Waals surface area contributed by atoms with Crippen LogP contribution in [-0.2, 0) is 7.05 Å². The third kappa shape index (κ3) is 2.87. The second-order valence-corrected chi connectivity index (χ2v) is 4.79. The van der Waals surface area contributed by atoms with Crippen LogP contribution in [0.2, 0.25) is 0 Å². The van der Waals surface area contributed by atoms with E-state index >= 15 is 0 Å². The highest BCUT2D eigenvalue weighted by Crippen LogP contribution is 2.21. The predicted molar refractivity (Wildman–Crippen MR) is 72.8 cm³/mol. The fourth-order valence-corrected chi connectivity index (χ4v) is 2.14. The lowest BCUT2D eigenvalue weighted by atomic mass is 10.2. The highest BCUT2D eigenvalue weighted by molar-refractivity contribution is 9.10. The Bertz CT molecular complexity index is 495. The predicted octanol–water partition coefficient (Wildman–Crippen LogP) is 2.29. The summed E-state index contributed by atoms with van der Waals surface area (Å²) in [6, 6.07) is 8.09. The maximum Gasteiger partial charge on any atom is 0.0946 e. The second kappa shape index (κ2) is 5.33. The molecule has 1 aromatic carbocycles. The van der Waals surface area contributed by atoms with Gasteiger partial charge in [0.1, 0.15) is 0 Å². The number of nitrogens with one attached hydrogen (secondary N) is 1. The molecule has 4 nitrogen and oxygen atoms in total. The minimum atomic E-state index is 0.0665. The van der Waals surface area contributed by atoms with Crippen LogP contribution in [0.25, 0.3) is 0 Å². The molecule has 90 valence electrons. The van der Waals surface area contributed by atoms with Gasteiger partial charge in [0.05, 0.1) is 24.3 Å². The van der Waals surface area contributed by atoms with Crippen molar-refractivity contribution in [3.05, 3.63) is 47.0 Å². The van der Waals surface area contributed by atoms with Crippen molar-refractivity contribution in [2.45, 2.75) is 6.04 Å². The molecule has 2 aromatic rings. The molecule has 0 saturated carbocycles. The first kappa shape index (κ1) is 12.1. The molecule has 0 amide bonds. The Morgan fingerprint density at radius 3 is 2.94 bits per heavy atom. The van der Waals surface area contributed by atoms with Crippen molar-refractivity contribution >= 4 is 21.6 Å². The average Bonchev–Trinajstić information content (AvgIpc) is 2.72. The number of benzene rings is 1. The first-order valence-electron chi connectivity index (χ1n) is 5.39. The highest BCUT2D eigenvalue weighted by atomic mass is 79.9. The molecule has 1 aromatic heterocycles. The van der Waals surface area contributed by atoms with Gasteiger partial charge in [0, 0.05) is 23.8 Å². The van der Waals surface area contributed by atoms with E-state index in [0.29, 0.717) is 6.54 Å². The van der Waals surface area contributed by atoms with Crippen LogP contribution in [0.3, 0.4) is 0 Å². The Kier molecular flexibility index (Phi) is 3.81. The molecule has 3 N–H and O–H groups in total. The summed E-state index contributed by atoms with van der Waals surface area (Å²) in [6.45, 7) is 0.520. The van der Waals surface area contributed by atoms with Gasteiger partial charge in [0.2, 0.25) is 0 Å². The summed E-state index contributed by atoms with van der Waals surface area (Å²) in [5.41, 5.74) is 7.92. The Morgan fingerprint density at radius 2 is 2.35 bits per heavy atom. The van der Waals surface area contributed by atoms with Gasteiger partial charge in [0.25, 0.3) is 0 Å². The number of halogens is 1. The number of rotatable bonds is 4. The number of imidazole rings is 1. The monoisotopic (exact) mass is 294 g/mol. The van der Waals surface area contributed by atoms with E-state index in [1.807, 2.05) is 42.1 Å². The molecule has 0 saturated heterocycles. The van der Waals surface area contributed by atoms with Crippen LogP contribution >= 0.6 is 15.9 Å². The molecule has 0 radical (unpaired) electrons. The summed E-state index contributed by atoms with van der Waals surface area (Å²) in [5.74, 6) is 0. The van der Waals surface area contributed by atoms with E-state index in [0.717, 1.165) is 15.9 Å². The molecule has 2 rings (SSSR count). The van der Waals surface area contributed by atoms with E-state index in [1.54, 1.807) is 6.33 Å². The topological polar surface area (TPSA) is 55.9 Å². The number of nitrogens with zero attached hydrogens (tertiary/aromatic N) is 2. The molecule has 0 bridgehead atoms. The van der Waals surface area contributed by atoms with Gasteiger partial charge in [-0.2, -0.15) is 0 Å². The third-order valence-corrected chi connectivity index (χ3v) is 3.11. The summed E-state index contributed by atoms with van der Waals surface area (Å²) in [6.07, 6.45) is 3.61. The smallest absolute Gasteiger partial charge is 0.0946 e. The highest BCUT2D eigenvalue weighted by Gasteiger charge is 2.12. The quantitative estimate of drug-likeness (QED) is 0.910. The largest absolute Gasteiger partial charge is 0.375 e. The van der Waals surface area contributed by atoms with Crippen LogP contribution < -0.4 is 11.1 Å². The molecule has 5 heteroatoms. The summed E-state index contributed by atoms with van der Waals surface area (Å²) in [5, 5.41) is 3.40. The number of nitrogens with two attached hydrogens (primary N) is 1. The van der Waals surface area contributed by atoms with Gasteiger partial charge >= 0.3 is 0 Å². The van der Waals surface area contributed by atoms with Crippen molar-refractivity contribution in [2.24, 2.45) is 12.8 Å². The second-order valence-electron chi connectivity index (χ2n) is 3.87. The van der Waals surface area contributed by atoms with Crippen LogP contribution in [0.15, 0.2) is 41.3 Å². The first-order valence-corrected chi connectivity index (χ1v) is 6.18. The summed E-state index contributed by atoms with van der Waals surface area (Å²) < 4.78 is 3.02. The van der Waals surface area contributed by atoms with Gasteiger partial charge in [-0.05, 0) is 18.2 Å². The van der Waals surface area contributed by atoms with Gasteiger partial charge < -0.3 is 15.6 Å². The molecule has 1 atom stereocenters. The van der Waals surface area contributed by atoms with E-state index in [4.69, 9.17) is 5.73 Å². The molecule has 1 unspecified atom stereocenters. The molecular formula is C12H15BrN4. The SMILES string of the molecule is Cn1cncc1C(CN)Nc1cccc(Br)c1. The zero-order valence-electron chi connectivity index (χ0n) is 9.60. The van der Waals surface area contributed by atoms with Crippen LogP contribution in [-0.4, -0.2) is 16.1 Å². The number of aromatic nitrogens is 2. The lowest BCUT2D eigenvalue weighted by Crippen LogP contribution is -2.22. The van der Waals surface area contributed by atoms with E-state index in [9.17, 15) is 0 Å². The average molecular weight is 295 g/mol. The molecule has 0 aliphatic heterocycles. The maximum absolute atomic E-state index is 5.80. The minimum absolute atomic E-state index is 0.0665. The number of hydrogen-bond acceptors (Lipinski definition) is 3. The lowest BCUT2D eigenvalue weighted by molar-refractivity contribution is 0.706. The van der Waals surface area contributed by atoms with Crippen molar-refractivity contribution in [1.29, 1.82) is 0 Å². The molecular weight excluding hydrogens is 280 g/mol. The van der Waals surface area contributed by atoms with Crippen molar-refractivity contribution in [3.63, 3.8) is 0 Å². The van der Waals surface area contributed by atoms with Crippen molar-refractivity contribution in [1.82, 2.24) is 9.55 Å². The van der Waals surface area contributed by atoms with Crippen molar-refractivity contribution in [2.75, 3.05) is 11.9 Å². The van der Waals surface area contributed by atoms with E-state index in [1.165, 1.54) is 0 Å². The Balaban J connectivity index is 2.19. The van der Waals surface area contributed by atoms with Gasteiger partial charge in [0.15, 0.2) is 0 Å². The third-order valence-electron chi connectivity index (χ3n) is 2.61. The van der Waals surface area contributed by atoms with Crippen LogP contribution in [0.1, 0.15) is 11.7 Å². The van der Waals surface area contributed by atoms with E-state index < -0.39 is 0 Å². The van der Waals surface area contributed by atoms with Gasteiger partial charge in [-0.1, -0.05) is 22.0 Å². The van der Waals surface area contributed by atoms with Crippen LogP contribution in [0.4, 0.5) is 5.69 Å². The number of hydrogen-bond donors (Lipinski definition) is 2. The Labute approximate surface area is 109 Å². The fraction of sp³-hybridized carbons (Fsp3) is 0.250. The van der Waals surface area contributed by atoms with Gasteiger partial charge in [-0.25, -0.2) is 4.98 Å². The molecule has 0 fully saturated rings. The molecule has 0 aliphatic rings. The molecule has 17 heavy (non-hydrogen) atoms. The molecule has 0 spiro atoms. The molecule has 1 heterocycles. The normalized spacial score (nSPS) is 12.4. The van der Waals surface area contributed by atoms with Crippen LogP contribution in [0.5, 0.6) is 0 Å². The van der Waals surface area contributed by atoms with Crippen LogP contribution in [0, 0.1) is 0 Å². The van der Waals surface area contributed by atoms with Gasteiger partial charge in [-0.3, -0.25) is 0 Å². The summed E-state index contributed by atoms with van der Waals surface area (Å²) >= 11 is 3.45. The lowest BCUT2D eigenvalue weighted by Gasteiger charge is -2.18. The van der Waals surface area contributed by atoms with Gasteiger partial charge in [-0.15, -0.1) is 0 Å². The zero-order chi connectivity index (χ0) is 12.3. The Morgan fingerprint density at radius 1 is 1.53 bits per heavy atom. The van der Waals surface area contributed by atoms with E-state index in [2.05, 4.69) is 26.2 Å². The van der Waals surface area contributed by atoms with E-state index in [-0.39, 0.29) is 6.04 Å². The van der Waals surface area contributed by atoms with Crippen molar-refractivity contribution in [3.8, 4) is 0 Å². The summed E-state index contributed by atoms with van der Waals surface area (Å²) in [4.78, 5) is 4.11. The zero-order valence-corrected chi connectivity index (χ0v) is 11.2. The number of aryl methyl sites for hydroxylation is 1. The van der Waals surface area contributed by atoms with Crippen molar-refractivity contribution < 1.29 is 0 Å². The number of anilines is 1. The first-order chi connectivity index (χ1) is 8.20. The Hall–Kier alpha value is -1.33. The fourth-order valence-electron chi connectivity index (χ4n) is 1.74. The minimum Gasteiger partial charge on any atom is -0.375 e.